The van der Waals surface area contributed by atoms with Gasteiger partial charge >= 0.3 is 0 Å². The van der Waals surface area contributed by atoms with Crippen LogP contribution in [-0.4, -0.2) is 10.4 Å². The molecule has 2 aromatic rings. The Labute approximate surface area is 168 Å². The average molecular weight is 426 g/mol. The number of allylic oxidation sites excluding steroid dienone is 4. The second kappa shape index (κ2) is 8.22. The minimum Gasteiger partial charge on any atom is -0.315 e. The Balaban J connectivity index is 1.84. The van der Waals surface area contributed by atoms with Gasteiger partial charge in [-0.1, -0.05) is 51.9 Å². The van der Waals surface area contributed by atoms with Gasteiger partial charge in [0.05, 0.1) is 0 Å². The van der Waals surface area contributed by atoms with Crippen LogP contribution in [0.15, 0.2) is 75.7 Å². The van der Waals surface area contributed by atoms with Crippen LogP contribution in [0.1, 0.15) is 49.0 Å². The lowest BCUT2D eigenvalue weighted by molar-refractivity contribution is 0.0972. The van der Waals surface area contributed by atoms with Crippen LogP contribution in [-0.2, 0) is 12.0 Å². The molecule has 1 aromatic carbocycles. The molecule has 0 radical (unpaired) electrons. The van der Waals surface area contributed by atoms with E-state index in [1.807, 2.05) is 6.92 Å². The van der Waals surface area contributed by atoms with Crippen molar-refractivity contribution in [2.45, 2.75) is 45.1 Å². The number of pyridine rings is 1. The van der Waals surface area contributed by atoms with Crippen LogP contribution in [0, 0.1) is 0 Å². The van der Waals surface area contributed by atoms with Crippen molar-refractivity contribution >= 4 is 21.7 Å². The fraction of sp³-hybridized carbons (Fsp3) is 0.304. The van der Waals surface area contributed by atoms with Crippen molar-refractivity contribution in [2.24, 2.45) is 0 Å². The molecule has 1 aliphatic rings. The molecule has 27 heavy (non-hydrogen) atoms. The van der Waals surface area contributed by atoms with Crippen molar-refractivity contribution in [1.82, 2.24) is 4.57 Å². The highest BCUT2D eigenvalue weighted by molar-refractivity contribution is 9.10. The predicted octanol–water partition coefficient (Wildman–Crippen LogP) is 5.44. The molecule has 0 N–H and O–H groups in total. The smallest absolute Gasteiger partial charge is 0.250 e. The third-order valence-corrected chi connectivity index (χ3v) is 5.78. The second-order valence-electron chi connectivity index (χ2n) is 7.18. The van der Waals surface area contributed by atoms with Gasteiger partial charge < -0.3 is 4.57 Å². The topological polar surface area (TPSA) is 39.1 Å². The number of aromatic nitrogens is 1. The number of ketones is 1. The van der Waals surface area contributed by atoms with Crippen LogP contribution in [0.3, 0.4) is 0 Å². The molecule has 1 heterocycles. The molecule has 0 saturated carbocycles. The molecule has 0 spiro atoms. The summed E-state index contributed by atoms with van der Waals surface area (Å²) in [6.45, 7) is 4.60. The van der Waals surface area contributed by atoms with Gasteiger partial charge in [0, 0.05) is 40.7 Å². The Morgan fingerprint density at radius 1 is 1.19 bits per heavy atom. The number of carbonyl (C=O) groups excluding carboxylic acids is 1. The van der Waals surface area contributed by atoms with E-state index in [1.54, 1.807) is 16.8 Å². The number of halogens is 1. The van der Waals surface area contributed by atoms with Gasteiger partial charge in [-0.15, -0.1) is 0 Å². The van der Waals surface area contributed by atoms with Gasteiger partial charge in [-0.05, 0) is 50.5 Å². The third kappa shape index (κ3) is 4.38. The number of Topliss-reactive ketones (excluding diaryl/α,β-unsaturated/α-hetero) is 1. The fourth-order valence-corrected chi connectivity index (χ4v) is 4.00. The first-order chi connectivity index (χ1) is 12.9. The Morgan fingerprint density at radius 3 is 2.59 bits per heavy atom. The highest BCUT2D eigenvalue weighted by Crippen LogP contribution is 2.40. The van der Waals surface area contributed by atoms with Gasteiger partial charge in [-0.2, -0.15) is 0 Å². The molecule has 0 aliphatic heterocycles. The van der Waals surface area contributed by atoms with E-state index in [9.17, 15) is 9.59 Å². The summed E-state index contributed by atoms with van der Waals surface area (Å²) in [5, 5.41) is 0. The number of rotatable bonds is 6. The minimum atomic E-state index is -0.172. The van der Waals surface area contributed by atoms with Gasteiger partial charge in [-0.25, -0.2) is 0 Å². The van der Waals surface area contributed by atoms with Crippen molar-refractivity contribution < 1.29 is 4.79 Å². The van der Waals surface area contributed by atoms with E-state index in [-0.39, 0.29) is 16.8 Å². The van der Waals surface area contributed by atoms with E-state index in [0.717, 1.165) is 17.3 Å². The summed E-state index contributed by atoms with van der Waals surface area (Å²) in [4.78, 5) is 24.6. The van der Waals surface area contributed by atoms with Gasteiger partial charge in [-0.3, -0.25) is 9.59 Å². The van der Waals surface area contributed by atoms with Gasteiger partial charge in [0.25, 0.3) is 5.56 Å². The van der Waals surface area contributed by atoms with E-state index in [1.165, 1.54) is 17.2 Å². The molecule has 0 saturated heterocycles. The summed E-state index contributed by atoms with van der Waals surface area (Å²) in [5.41, 5.74) is 2.90. The molecule has 4 heteroatoms. The number of benzene rings is 1. The quantitative estimate of drug-likeness (QED) is 0.578. The molecule has 1 aromatic heterocycles. The number of aryl methyl sites for hydroxylation is 1. The first-order valence-corrected chi connectivity index (χ1v) is 10.1. The lowest BCUT2D eigenvalue weighted by Crippen LogP contribution is -2.27. The zero-order valence-electron chi connectivity index (χ0n) is 15.7. The van der Waals surface area contributed by atoms with E-state index in [0.29, 0.717) is 18.5 Å². The van der Waals surface area contributed by atoms with Gasteiger partial charge in [0.1, 0.15) is 0 Å². The molecule has 3 rings (SSSR count). The van der Waals surface area contributed by atoms with E-state index in [2.05, 4.69) is 65.3 Å². The van der Waals surface area contributed by atoms with Crippen molar-refractivity contribution in [3.63, 3.8) is 0 Å². The first kappa shape index (κ1) is 19.6. The number of carbonyl (C=O) groups is 1. The van der Waals surface area contributed by atoms with E-state index >= 15 is 0 Å². The molecule has 140 valence electrons. The maximum Gasteiger partial charge on any atom is 0.250 e. The predicted molar refractivity (Wildman–Crippen MR) is 113 cm³/mol. The highest BCUT2D eigenvalue weighted by Gasteiger charge is 2.31. The van der Waals surface area contributed by atoms with Crippen LogP contribution in [0.2, 0.25) is 0 Å². The summed E-state index contributed by atoms with van der Waals surface area (Å²) in [7, 11) is 0. The zero-order chi connectivity index (χ0) is 19.4. The van der Waals surface area contributed by atoms with Crippen molar-refractivity contribution in [3.8, 4) is 0 Å². The zero-order valence-corrected chi connectivity index (χ0v) is 17.3. The Hall–Kier alpha value is -2.20. The number of hydrogen-bond donors (Lipinski definition) is 0. The summed E-state index contributed by atoms with van der Waals surface area (Å²) >= 11 is 3.50. The third-order valence-electron chi connectivity index (χ3n) is 5.25. The fourth-order valence-electron chi connectivity index (χ4n) is 3.73. The summed E-state index contributed by atoms with van der Waals surface area (Å²) < 4.78 is 2.62. The Kier molecular flexibility index (Phi) is 5.95. The van der Waals surface area contributed by atoms with Crippen LogP contribution in [0.5, 0.6) is 0 Å². The monoisotopic (exact) mass is 425 g/mol. The van der Waals surface area contributed by atoms with Gasteiger partial charge in [0.15, 0.2) is 5.78 Å². The normalized spacial score (nSPS) is 19.0. The lowest BCUT2D eigenvalue weighted by atomic mass is 9.70. The molecule has 3 nitrogen and oxygen atoms in total. The Morgan fingerprint density at radius 2 is 1.93 bits per heavy atom. The number of nitrogens with zero attached hydrogens (tertiary/aromatic N) is 1. The van der Waals surface area contributed by atoms with Crippen molar-refractivity contribution in [1.29, 1.82) is 0 Å². The number of hydrogen-bond acceptors (Lipinski definition) is 2. The van der Waals surface area contributed by atoms with E-state index in [4.69, 9.17) is 0 Å². The van der Waals surface area contributed by atoms with Crippen LogP contribution < -0.4 is 5.56 Å². The maximum atomic E-state index is 12.8. The molecule has 1 unspecified atom stereocenters. The highest BCUT2D eigenvalue weighted by atomic mass is 79.9. The first-order valence-electron chi connectivity index (χ1n) is 9.28. The molecule has 0 amide bonds. The largest absolute Gasteiger partial charge is 0.315 e. The summed E-state index contributed by atoms with van der Waals surface area (Å²) in [5.74, 6) is 0.0780. The average Bonchev–Trinajstić information content (AvgIpc) is 2.67. The van der Waals surface area contributed by atoms with Crippen molar-refractivity contribution in [3.05, 3.63) is 92.3 Å². The van der Waals surface area contributed by atoms with Crippen molar-refractivity contribution in [2.75, 3.05) is 0 Å². The van der Waals surface area contributed by atoms with E-state index < -0.39 is 0 Å². The molecule has 1 atom stereocenters. The molecular formula is C23H24BrNO2. The second-order valence-corrected chi connectivity index (χ2v) is 8.09. The van der Waals surface area contributed by atoms with Crippen LogP contribution >= 0.6 is 15.9 Å². The Bertz CT molecular complexity index is 953. The molecular weight excluding hydrogens is 402 g/mol. The standard InChI is InChI=1S/C23H24BrNO2/c1-3-25-16-18(6-11-22(25)27)21(26)12-14-23(13-4-5-17(2)15-23)19-7-9-20(24)10-8-19/h4-11,13,16H,3,12,14-15H2,1-2H3. The maximum absolute atomic E-state index is 12.8. The van der Waals surface area contributed by atoms with Crippen LogP contribution in [0.4, 0.5) is 0 Å². The molecule has 0 fully saturated rings. The molecule has 0 bridgehead atoms. The van der Waals surface area contributed by atoms with Gasteiger partial charge in [0.2, 0.25) is 0 Å². The summed E-state index contributed by atoms with van der Waals surface area (Å²) in [6.07, 6.45) is 10.2. The minimum absolute atomic E-state index is 0.0728. The lowest BCUT2D eigenvalue weighted by Gasteiger charge is -2.34. The molecule has 1 aliphatic carbocycles. The SMILES string of the molecule is CCn1cc(C(=O)CCC2(c3ccc(Br)cc3)C=CC=C(C)C2)ccc1=O. The summed E-state index contributed by atoms with van der Waals surface area (Å²) in [6, 6.07) is 11.5. The van der Waals surface area contributed by atoms with Crippen LogP contribution in [0.25, 0.3) is 0 Å².